The number of hydrogen-bond acceptors (Lipinski definition) is 2. The van der Waals surface area contributed by atoms with Gasteiger partial charge in [-0.2, -0.15) is 0 Å². The zero-order valence-corrected chi connectivity index (χ0v) is 8.47. The van der Waals surface area contributed by atoms with Gasteiger partial charge in [0.1, 0.15) is 0 Å². The van der Waals surface area contributed by atoms with E-state index in [1.807, 2.05) is 0 Å². The number of carboxylic acid groups (broad SMARTS) is 1. The molecule has 0 unspecified atom stereocenters. The lowest BCUT2D eigenvalue weighted by atomic mass is 10.1. The zero-order chi connectivity index (χ0) is 10.7. The van der Waals surface area contributed by atoms with Crippen LogP contribution in [0.2, 0.25) is 10.0 Å². The first-order valence-corrected chi connectivity index (χ1v) is 4.45. The van der Waals surface area contributed by atoms with Crippen LogP contribution in [0.15, 0.2) is 12.1 Å². The maximum Gasteiger partial charge on any atom is 0.307 e. The van der Waals surface area contributed by atoms with E-state index in [2.05, 4.69) is 0 Å². The Bertz CT molecular complexity index is 388. The van der Waals surface area contributed by atoms with E-state index >= 15 is 0 Å². The lowest BCUT2D eigenvalue weighted by Gasteiger charge is -2.03. The maximum atomic E-state index is 10.5. The summed E-state index contributed by atoms with van der Waals surface area (Å²) in [6.07, 6.45) is 0.334. The van der Waals surface area contributed by atoms with Crippen molar-refractivity contribution >= 4 is 35.5 Å². The van der Waals surface area contributed by atoms with Crippen LogP contribution in [-0.4, -0.2) is 17.4 Å². The van der Waals surface area contributed by atoms with Crippen molar-refractivity contribution in [2.24, 2.45) is 0 Å². The minimum absolute atomic E-state index is 0.221. The summed E-state index contributed by atoms with van der Waals surface area (Å²) >= 11 is 11.4. The second kappa shape index (κ2) is 4.44. The maximum absolute atomic E-state index is 10.5. The average molecular weight is 233 g/mol. The Labute approximate surface area is 90.3 Å². The second-order valence-electron chi connectivity index (χ2n) is 2.65. The molecular weight excluding hydrogens is 227 g/mol. The summed E-state index contributed by atoms with van der Waals surface area (Å²) in [6.45, 7) is 0. The number of carbonyl (C=O) groups excluding carboxylic acids is 1. The molecule has 0 fully saturated rings. The van der Waals surface area contributed by atoms with Crippen LogP contribution in [-0.2, 0) is 11.2 Å². The lowest BCUT2D eigenvalue weighted by molar-refractivity contribution is -0.136. The van der Waals surface area contributed by atoms with Crippen molar-refractivity contribution in [2.45, 2.75) is 6.42 Å². The van der Waals surface area contributed by atoms with E-state index in [4.69, 9.17) is 28.3 Å². The largest absolute Gasteiger partial charge is 0.481 e. The van der Waals surface area contributed by atoms with E-state index in [1.165, 1.54) is 12.1 Å². The van der Waals surface area contributed by atoms with Crippen LogP contribution in [0.4, 0.5) is 0 Å². The Morgan fingerprint density at radius 3 is 2.50 bits per heavy atom. The average Bonchev–Trinajstić information content (AvgIpc) is 2.09. The molecule has 5 heteroatoms. The number of hydrogen-bond donors (Lipinski definition) is 1. The molecule has 0 spiro atoms. The van der Waals surface area contributed by atoms with Crippen molar-refractivity contribution in [2.75, 3.05) is 0 Å². The number of aldehydes is 1. The van der Waals surface area contributed by atoms with Crippen molar-refractivity contribution in [3.63, 3.8) is 0 Å². The molecule has 0 amide bonds. The molecule has 1 aromatic rings. The summed E-state index contributed by atoms with van der Waals surface area (Å²) in [6, 6.07) is 2.75. The molecule has 0 aliphatic carbocycles. The molecule has 1 aromatic carbocycles. The molecule has 0 saturated carbocycles. The normalized spacial score (nSPS) is 9.86. The first-order chi connectivity index (χ1) is 6.54. The van der Waals surface area contributed by atoms with Gasteiger partial charge in [0.15, 0.2) is 6.29 Å². The third-order valence-electron chi connectivity index (χ3n) is 1.63. The predicted octanol–water partition coefficient (Wildman–Crippen LogP) is 2.43. The van der Waals surface area contributed by atoms with Gasteiger partial charge in [-0.05, 0) is 17.7 Å². The van der Waals surface area contributed by atoms with Gasteiger partial charge in [0.05, 0.1) is 11.4 Å². The minimum atomic E-state index is -1.01. The predicted molar refractivity (Wildman–Crippen MR) is 53.2 cm³/mol. The highest BCUT2D eigenvalue weighted by atomic mass is 35.5. The van der Waals surface area contributed by atoms with E-state index < -0.39 is 5.97 Å². The molecule has 0 atom stereocenters. The molecule has 0 bridgehead atoms. The van der Waals surface area contributed by atoms with Gasteiger partial charge < -0.3 is 5.11 Å². The summed E-state index contributed by atoms with van der Waals surface area (Å²) in [5.41, 5.74) is 0.623. The monoisotopic (exact) mass is 232 g/mol. The number of rotatable bonds is 3. The molecule has 0 heterocycles. The van der Waals surface area contributed by atoms with Gasteiger partial charge in [-0.25, -0.2) is 0 Å². The Kier molecular flexibility index (Phi) is 3.49. The SMILES string of the molecule is O=Cc1cc(CC(=O)O)c(Cl)cc1Cl. The van der Waals surface area contributed by atoms with Crippen LogP contribution in [0.5, 0.6) is 0 Å². The third kappa shape index (κ3) is 2.47. The fraction of sp³-hybridized carbons (Fsp3) is 0.111. The van der Waals surface area contributed by atoms with Crippen LogP contribution in [0, 0.1) is 0 Å². The number of benzene rings is 1. The van der Waals surface area contributed by atoms with Crippen LogP contribution in [0.25, 0.3) is 0 Å². The number of halogens is 2. The molecule has 0 aromatic heterocycles. The first-order valence-electron chi connectivity index (χ1n) is 3.69. The van der Waals surface area contributed by atoms with Crippen molar-refractivity contribution in [1.82, 2.24) is 0 Å². The fourth-order valence-corrected chi connectivity index (χ4v) is 1.50. The van der Waals surface area contributed by atoms with Crippen LogP contribution < -0.4 is 0 Å². The van der Waals surface area contributed by atoms with Crippen molar-refractivity contribution < 1.29 is 14.7 Å². The molecule has 0 aliphatic rings. The molecule has 0 radical (unpaired) electrons. The summed E-state index contributed by atoms with van der Waals surface area (Å²) < 4.78 is 0. The van der Waals surface area contributed by atoms with Gasteiger partial charge >= 0.3 is 5.97 Å². The summed E-state index contributed by atoms with van der Waals surface area (Å²) in [7, 11) is 0. The summed E-state index contributed by atoms with van der Waals surface area (Å²) in [5, 5.41) is 9.02. The Morgan fingerprint density at radius 2 is 2.00 bits per heavy atom. The highest BCUT2D eigenvalue weighted by Crippen LogP contribution is 2.24. The minimum Gasteiger partial charge on any atom is -0.481 e. The van der Waals surface area contributed by atoms with Crippen LogP contribution in [0.3, 0.4) is 0 Å². The molecule has 3 nitrogen and oxygen atoms in total. The second-order valence-corrected chi connectivity index (χ2v) is 3.47. The molecule has 1 rings (SSSR count). The van der Waals surface area contributed by atoms with E-state index in [9.17, 15) is 9.59 Å². The Hall–Kier alpha value is -1.06. The quantitative estimate of drug-likeness (QED) is 0.815. The molecule has 1 N–H and O–H groups in total. The molecule has 0 aliphatic heterocycles. The number of carbonyl (C=O) groups is 2. The van der Waals surface area contributed by atoms with Gasteiger partial charge in [0.2, 0.25) is 0 Å². The summed E-state index contributed by atoms with van der Waals surface area (Å²) in [4.78, 5) is 20.9. The lowest BCUT2D eigenvalue weighted by Crippen LogP contribution is -2.01. The first kappa shape index (κ1) is 11.0. The van der Waals surface area contributed by atoms with Crippen molar-refractivity contribution in [3.05, 3.63) is 33.3 Å². The van der Waals surface area contributed by atoms with Crippen molar-refractivity contribution in [1.29, 1.82) is 0 Å². The van der Waals surface area contributed by atoms with E-state index in [0.717, 1.165) is 0 Å². The van der Waals surface area contributed by atoms with Crippen molar-refractivity contribution in [3.8, 4) is 0 Å². The molecule has 74 valence electrons. The van der Waals surface area contributed by atoms with E-state index in [0.29, 0.717) is 11.8 Å². The van der Waals surface area contributed by atoms with Gasteiger partial charge in [-0.1, -0.05) is 23.2 Å². The van der Waals surface area contributed by atoms with Gasteiger partial charge in [0.25, 0.3) is 0 Å². The van der Waals surface area contributed by atoms with E-state index in [-0.39, 0.29) is 22.0 Å². The highest BCUT2D eigenvalue weighted by Gasteiger charge is 2.09. The highest BCUT2D eigenvalue weighted by molar-refractivity contribution is 6.36. The number of carboxylic acids is 1. The standard InChI is InChI=1S/C9H6Cl2O3/c10-7-3-8(11)6(4-12)1-5(7)2-9(13)14/h1,3-4H,2H2,(H,13,14). The van der Waals surface area contributed by atoms with Crippen LogP contribution >= 0.6 is 23.2 Å². The molecule has 14 heavy (non-hydrogen) atoms. The van der Waals surface area contributed by atoms with E-state index in [1.54, 1.807) is 0 Å². The number of aliphatic carboxylic acids is 1. The van der Waals surface area contributed by atoms with Gasteiger partial charge in [-0.3, -0.25) is 9.59 Å². The Balaban J connectivity index is 3.16. The third-order valence-corrected chi connectivity index (χ3v) is 2.31. The molecule has 0 saturated heterocycles. The fourth-order valence-electron chi connectivity index (χ4n) is 1.00. The van der Waals surface area contributed by atoms with Crippen LogP contribution in [0.1, 0.15) is 15.9 Å². The van der Waals surface area contributed by atoms with Gasteiger partial charge in [-0.15, -0.1) is 0 Å². The Morgan fingerprint density at radius 1 is 1.36 bits per heavy atom. The molecular formula is C9H6Cl2O3. The summed E-state index contributed by atoms with van der Waals surface area (Å²) in [5.74, 6) is -1.01. The van der Waals surface area contributed by atoms with Gasteiger partial charge in [0, 0.05) is 10.6 Å². The topological polar surface area (TPSA) is 54.4 Å². The smallest absolute Gasteiger partial charge is 0.307 e. The zero-order valence-electron chi connectivity index (χ0n) is 6.96.